The molecule has 2 aliphatic heterocycles. The molecule has 31 heavy (non-hydrogen) atoms. The van der Waals surface area contributed by atoms with Crippen LogP contribution in [0.5, 0.6) is 5.75 Å². The normalized spacial score (nSPS) is 16.2. The number of benzene rings is 2. The van der Waals surface area contributed by atoms with Crippen molar-refractivity contribution in [3.63, 3.8) is 0 Å². The quantitative estimate of drug-likeness (QED) is 0.698. The lowest BCUT2D eigenvalue weighted by atomic mass is 10.0. The molecule has 1 fully saturated rings. The maximum absolute atomic E-state index is 6.64. The molecule has 5 rings (SSSR count). The Morgan fingerprint density at radius 1 is 0.839 bits per heavy atom. The highest BCUT2D eigenvalue weighted by Gasteiger charge is 2.25. The molecule has 1 saturated heterocycles. The largest absolute Gasteiger partial charge is 0.497 e. The Labute approximate surface area is 183 Å². The van der Waals surface area contributed by atoms with Crippen molar-refractivity contribution in [2.45, 2.75) is 12.8 Å². The minimum Gasteiger partial charge on any atom is -0.497 e. The molecule has 2 aromatic carbocycles. The molecular weight excluding hydrogens is 388 g/mol. The maximum Gasteiger partial charge on any atom is 0.161 e. The van der Waals surface area contributed by atoms with Crippen LogP contribution in [0.4, 0.5) is 28.7 Å². The van der Waals surface area contributed by atoms with Gasteiger partial charge in [0.1, 0.15) is 17.8 Å². The van der Waals surface area contributed by atoms with Crippen LogP contribution in [0.25, 0.3) is 0 Å². The number of nitrogens with two attached hydrogens (primary N) is 1. The molecule has 0 atom stereocenters. The molecule has 2 aliphatic rings. The zero-order valence-corrected chi connectivity index (χ0v) is 17.9. The first-order valence-electron chi connectivity index (χ1n) is 10.8. The minimum absolute atomic E-state index is 0.664. The Kier molecular flexibility index (Phi) is 5.24. The molecular formula is C24H28N6O. The monoisotopic (exact) mass is 416 g/mol. The maximum atomic E-state index is 6.64. The summed E-state index contributed by atoms with van der Waals surface area (Å²) >= 11 is 0. The second-order valence-electron chi connectivity index (χ2n) is 7.99. The van der Waals surface area contributed by atoms with E-state index in [2.05, 4.69) is 61.1 Å². The van der Waals surface area contributed by atoms with Gasteiger partial charge in [-0.1, -0.05) is 18.2 Å². The third-order valence-corrected chi connectivity index (χ3v) is 6.22. The van der Waals surface area contributed by atoms with E-state index < -0.39 is 0 Å². The number of rotatable bonds is 4. The van der Waals surface area contributed by atoms with E-state index in [0.29, 0.717) is 5.69 Å². The number of methoxy groups -OCH3 is 1. The molecule has 7 heteroatoms. The van der Waals surface area contributed by atoms with E-state index in [1.54, 1.807) is 13.4 Å². The first-order chi connectivity index (χ1) is 15.2. The van der Waals surface area contributed by atoms with Gasteiger partial charge in [-0.05, 0) is 48.7 Å². The van der Waals surface area contributed by atoms with Crippen molar-refractivity contribution in [1.29, 1.82) is 0 Å². The summed E-state index contributed by atoms with van der Waals surface area (Å²) in [4.78, 5) is 16.0. The zero-order valence-electron chi connectivity index (χ0n) is 17.9. The summed E-state index contributed by atoms with van der Waals surface area (Å²) in [6.07, 6.45) is 3.84. The average molecular weight is 417 g/mol. The van der Waals surface area contributed by atoms with Crippen molar-refractivity contribution >= 4 is 28.7 Å². The fourth-order valence-corrected chi connectivity index (χ4v) is 4.57. The molecule has 2 N–H and O–H groups in total. The third kappa shape index (κ3) is 3.71. The highest BCUT2D eigenvalue weighted by atomic mass is 16.5. The number of hydrogen-bond donors (Lipinski definition) is 1. The first-order valence-corrected chi connectivity index (χ1v) is 10.8. The van der Waals surface area contributed by atoms with Gasteiger partial charge in [0, 0.05) is 44.1 Å². The standard InChI is InChI=1S/C24H28N6O/c1-31-20-10-8-19(9-11-20)28-13-15-29(16-14-28)23-22(25)24(27-17-26-23)30-12-4-6-18-5-2-3-7-21(18)30/h2-3,5,7-11,17H,4,6,12-16,25H2,1H3. The lowest BCUT2D eigenvalue weighted by molar-refractivity contribution is 0.415. The smallest absolute Gasteiger partial charge is 0.161 e. The number of fused-ring (bicyclic) bond motifs is 1. The number of aryl methyl sites for hydroxylation is 1. The molecule has 0 amide bonds. The van der Waals surface area contributed by atoms with E-state index in [1.165, 1.54) is 16.9 Å². The van der Waals surface area contributed by atoms with Crippen LogP contribution in [0.2, 0.25) is 0 Å². The molecule has 0 saturated carbocycles. The summed E-state index contributed by atoms with van der Waals surface area (Å²) in [5.74, 6) is 2.53. The molecule has 160 valence electrons. The molecule has 0 bridgehead atoms. The molecule has 0 radical (unpaired) electrons. The van der Waals surface area contributed by atoms with Crippen molar-refractivity contribution in [3.05, 3.63) is 60.4 Å². The fourth-order valence-electron chi connectivity index (χ4n) is 4.57. The van der Waals surface area contributed by atoms with Gasteiger partial charge in [-0.3, -0.25) is 0 Å². The highest BCUT2D eigenvalue weighted by Crippen LogP contribution is 2.38. The van der Waals surface area contributed by atoms with Gasteiger partial charge >= 0.3 is 0 Å². The van der Waals surface area contributed by atoms with E-state index in [9.17, 15) is 0 Å². The second-order valence-corrected chi connectivity index (χ2v) is 7.99. The second kappa shape index (κ2) is 8.34. The molecule has 3 heterocycles. The van der Waals surface area contributed by atoms with Crippen LogP contribution in [0.1, 0.15) is 12.0 Å². The number of aromatic nitrogens is 2. The van der Waals surface area contributed by atoms with Gasteiger partial charge in [0.2, 0.25) is 0 Å². The Morgan fingerprint density at radius 3 is 2.32 bits per heavy atom. The first kappa shape index (κ1) is 19.5. The summed E-state index contributed by atoms with van der Waals surface area (Å²) in [7, 11) is 1.69. The molecule has 0 aliphatic carbocycles. The Bertz CT molecular complexity index is 1050. The average Bonchev–Trinajstić information content (AvgIpc) is 2.84. The lowest BCUT2D eigenvalue weighted by Gasteiger charge is -2.38. The Morgan fingerprint density at radius 2 is 1.55 bits per heavy atom. The topological polar surface area (TPSA) is 70.8 Å². The lowest BCUT2D eigenvalue weighted by Crippen LogP contribution is -2.47. The minimum atomic E-state index is 0.664. The summed E-state index contributed by atoms with van der Waals surface area (Å²) < 4.78 is 5.27. The van der Waals surface area contributed by atoms with Gasteiger partial charge in [0.15, 0.2) is 11.6 Å². The van der Waals surface area contributed by atoms with Crippen LogP contribution in [0, 0.1) is 0 Å². The number of hydrogen-bond acceptors (Lipinski definition) is 7. The van der Waals surface area contributed by atoms with Gasteiger partial charge in [-0.2, -0.15) is 0 Å². The van der Waals surface area contributed by atoms with Crippen LogP contribution in [-0.2, 0) is 6.42 Å². The number of nitrogen functional groups attached to an aromatic ring is 1. The van der Waals surface area contributed by atoms with E-state index in [-0.39, 0.29) is 0 Å². The van der Waals surface area contributed by atoms with Crippen LogP contribution in [0.3, 0.4) is 0 Å². The SMILES string of the molecule is COc1ccc(N2CCN(c3ncnc(N4CCCc5ccccc54)c3N)CC2)cc1. The Balaban J connectivity index is 1.34. The number of ether oxygens (including phenoxy) is 1. The van der Waals surface area contributed by atoms with Gasteiger partial charge < -0.3 is 25.2 Å². The fraction of sp³-hybridized carbons (Fsp3) is 0.333. The molecule has 7 nitrogen and oxygen atoms in total. The molecule has 0 unspecified atom stereocenters. The summed E-state index contributed by atoms with van der Waals surface area (Å²) in [5.41, 5.74) is 11.1. The third-order valence-electron chi connectivity index (χ3n) is 6.22. The number of anilines is 5. The number of piperazine rings is 1. The van der Waals surface area contributed by atoms with E-state index in [0.717, 1.165) is 63.0 Å². The molecule has 3 aromatic rings. The summed E-state index contributed by atoms with van der Waals surface area (Å²) in [5, 5.41) is 0. The van der Waals surface area contributed by atoms with Gasteiger partial charge in [-0.15, -0.1) is 0 Å². The van der Waals surface area contributed by atoms with Crippen LogP contribution < -0.4 is 25.2 Å². The van der Waals surface area contributed by atoms with Crippen molar-refractivity contribution < 1.29 is 4.74 Å². The van der Waals surface area contributed by atoms with Crippen LogP contribution in [0.15, 0.2) is 54.9 Å². The van der Waals surface area contributed by atoms with Crippen molar-refractivity contribution in [1.82, 2.24) is 9.97 Å². The predicted molar refractivity (Wildman–Crippen MR) is 126 cm³/mol. The van der Waals surface area contributed by atoms with Crippen LogP contribution in [-0.4, -0.2) is 49.8 Å². The van der Waals surface area contributed by atoms with Gasteiger partial charge in [-0.25, -0.2) is 9.97 Å². The highest BCUT2D eigenvalue weighted by molar-refractivity contribution is 5.81. The Hall–Kier alpha value is -3.48. The molecule has 1 aromatic heterocycles. The summed E-state index contributed by atoms with van der Waals surface area (Å²) in [6.45, 7) is 4.48. The number of para-hydroxylation sites is 1. The molecule has 0 spiro atoms. The van der Waals surface area contributed by atoms with Gasteiger partial charge in [0.05, 0.1) is 7.11 Å². The van der Waals surface area contributed by atoms with Crippen molar-refractivity contribution in [2.75, 3.05) is 60.3 Å². The van der Waals surface area contributed by atoms with Crippen molar-refractivity contribution in [3.8, 4) is 5.75 Å². The van der Waals surface area contributed by atoms with Crippen LogP contribution >= 0.6 is 0 Å². The van der Waals surface area contributed by atoms with Gasteiger partial charge in [0.25, 0.3) is 0 Å². The van der Waals surface area contributed by atoms with Crippen molar-refractivity contribution in [2.24, 2.45) is 0 Å². The predicted octanol–water partition coefficient (Wildman–Crippen LogP) is 3.48. The van der Waals surface area contributed by atoms with E-state index in [1.807, 2.05) is 12.1 Å². The van der Waals surface area contributed by atoms with E-state index >= 15 is 0 Å². The van der Waals surface area contributed by atoms with E-state index in [4.69, 9.17) is 10.5 Å². The number of nitrogens with zero attached hydrogens (tertiary/aromatic N) is 5. The zero-order chi connectivity index (χ0) is 21.2. The summed E-state index contributed by atoms with van der Waals surface area (Å²) in [6, 6.07) is 16.8.